The largest absolute Gasteiger partial charge is 0.437 e. The SMILES string of the molecule is CC(C)(C(=O)Nc1cccc(Oc2cnccn2)c1)S(=O)(=O)c1ccc(Br)cc1. The van der Waals surface area contributed by atoms with Gasteiger partial charge in [0.05, 0.1) is 11.1 Å². The summed E-state index contributed by atoms with van der Waals surface area (Å²) < 4.78 is 30.6. The van der Waals surface area contributed by atoms with Gasteiger partial charge >= 0.3 is 0 Å². The van der Waals surface area contributed by atoms with Crippen LogP contribution in [0.2, 0.25) is 0 Å². The van der Waals surface area contributed by atoms with Crippen LogP contribution in [-0.2, 0) is 14.6 Å². The van der Waals surface area contributed by atoms with Gasteiger partial charge in [0.25, 0.3) is 0 Å². The predicted molar refractivity (Wildman–Crippen MR) is 113 cm³/mol. The monoisotopic (exact) mass is 475 g/mol. The number of hydrogen-bond donors (Lipinski definition) is 1. The van der Waals surface area contributed by atoms with E-state index in [0.717, 1.165) is 4.47 Å². The fourth-order valence-electron chi connectivity index (χ4n) is 2.41. The van der Waals surface area contributed by atoms with Crippen molar-refractivity contribution in [1.29, 1.82) is 0 Å². The van der Waals surface area contributed by atoms with E-state index in [-0.39, 0.29) is 4.90 Å². The highest BCUT2D eigenvalue weighted by Gasteiger charge is 2.42. The molecule has 7 nitrogen and oxygen atoms in total. The van der Waals surface area contributed by atoms with Gasteiger partial charge in [0.1, 0.15) is 10.5 Å². The topological polar surface area (TPSA) is 98.2 Å². The first-order valence-corrected chi connectivity index (χ1v) is 10.8. The van der Waals surface area contributed by atoms with Crippen molar-refractivity contribution in [3.63, 3.8) is 0 Å². The number of rotatable bonds is 6. The lowest BCUT2D eigenvalue weighted by Crippen LogP contribution is -2.44. The summed E-state index contributed by atoms with van der Waals surface area (Å²) in [7, 11) is -3.92. The smallest absolute Gasteiger partial charge is 0.245 e. The molecule has 0 saturated carbocycles. The molecular weight excluding hydrogens is 458 g/mol. The maximum absolute atomic E-state index is 13.0. The van der Waals surface area contributed by atoms with Gasteiger partial charge in [0.15, 0.2) is 9.84 Å². The molecule has 1 heterocycles. The molecule has 0 spiro atoms. The molecule has 9 heteroatoms. The van der Waals surface area contributed by atoms with Gasteiger partial charge in [0, 0.05) is 28.6 Å². The molecule has 0 aliphatic heterocycles. The van der Waals surface area contributed by atoms with Crippen LogP contribution in [0.1, 0.15) is 13.8 Å². The molecule has 150 valence electrons. The van der Waals surface area contributed by atoms with Crippen molar-refractivity contribution in [2.24, 2.45) is 0 Å². The van der Waals surface area contributed by atoms with E-state index >= 15 is 0 Å². The van der Waals surface area contributed by atoms with E-state index in [0.29, 0.717) is 17.3 Å². The van der Waals surface area contributed by atoms with Gasteiger partial charge < -0.3 is 10.1 Å². The molecule has 0 fully saturated rings. The third kappa shape index (κ3) is 4.63. The van der Waals surface area contributed by atoms with E-state index in [4.69, 9.17) is 4.74 Å². The van der Waals surface area contributed by atoms with Crippen LogP contribution in [0.4, 0.5) is 5.69 Å². The van der Waals surface area contributed by atoms with Crippen molar-refractivity contribution < 1.29 is 17.9 Å². The molecule has 3 rings (SSSR count). The highest BCUT2D eigenvalue weighted by Crippen LogP contribution is 2.29. The Morgan fingerprint density at radius 1 is 1.10 bits per heavy atom. The molecular formula is C20H18BrN3O4S. The van der Waals surface area contributed by atoms with E-state index in [2.05, 4.69) is 31.2 Å². The Labute approximate surface area is 177 Å². The minimum atomic E-state index is -3.92. The number of carbonyl (C=O) groups is 1. The number of aromatic nitrogens is 2. The van der Waals surface area contributed by atoms with Gasteiger partial charge in [0.2, 0.25) is 11.8 Å². The number of sulfone groups is 1. The molecule has 1 amide bonds. The number of halogens is 1. The zero-order valence-electron chi connectivity index (χ0n) is 15.7. The van der Waals surface area contributed by atoms with E-state index in [1.807, 2.05) is 0 Å². The lowest BCUT2D eigenvalue weighted by molar-refractivity contribution is -0.117. The number of ether oxygens (including phenoxy) is 1. The van der Waals surface area contributed by atoms with Crippen molar-refractivity contribution in [3.8, 4) is 11.6 Å². The molecule has 0 bridgehead atoms. The van der Waals surface area contributed by atoms with Crippen LogP contribution in [0.5, 0.6) is 11.6 Å². The summed E-state index contributed by atoms with van der Waals surface area (Å²) in [4.78, 5) is 20.8. The van der Waals surface area contributed by atoms with Gasteiger partial charge in [-0.15, -0.1) is 0 Å². The summed E-state index contributed by atoms with van der Waals surface area (Å²) in [6.45, 7) is 2.75. The quantitative estimate of drug-likeness (QED) is 0.572. The first-order chi connectivity index (χ1) is 13.7. The summed E-state index contributed by atoms with van der Waals surface area (Å²) in [5, 5.41) is 2.65. The number of carbonyl (C=O) groups excluding carboxylic acids is 1. The van der Waals surface area contributed by atoms with Crippen LogP contribution in [0, 0.1) is 0 Å². The zero-order valence-corrected chi connectivity index (χ0v) is 18.1. The molecule has 1 N–H and O–H groups in total. The van der Waals surface area contributed by atoms with Gasteiger partial charge in [-0.2, -0.15) is 0 Å². The Morgan fingerprint density at radius 2 is 1.83 bits per heavy atom. The molecule has 0 radical (unpaired) electrons. The molecule has 2 aromatic carbocycles. The van der Waals surface area contributed by atoms with Crippen LogP contribution in [0.15, 0.2) is 76.5 Å². The highest BCUT2D eigenvalue weighted by atomic mass is 79.9. The van der Waals surface area contributed by atoms with Crippen molar-refractivity contribution >= 4 is 37.4 Å². The Kier molecular flexibility index (Phi) is 5.99. The number of benzene rings is 2. The second-order valence-electron chi connectivity index (χ2n) is 6.60. The summed E-state index contributed by atoms with van der Waals surface area (Å²) in [5.74, 6) is 0.0723. The molecule has 0 atom stereocenters. The first kappa shape index (κ1) is 20.9. The molecule has 0 unspecified atom stereocenters. The van der Waals surface area contributed by atoms with Gasteiger partial charge in [-0.25, -0.2) is 13.4 Å². The van der Waals surface area contributed by atoms with Crippen LogP contribution in [0.25, 0.3) is 0 Å². The average molecular weight is 476 g/mol. The number of nitrogens with one attached hydrogen (secondary N) is 1. The van der Waals surface area contributed by atoms with E-state index < -0.39 is 20.5 Å². The molecule has 1 aromatic heterocycles. The number of amides is 1. The predicted octanol–water partition coefficient (Wildman–Crippen LogP) is 4.22. The lowest BCUT2D eigenvalue weighted by atomic mass is 10.2. The molecule has 29 heavy (non-hydrogen) atoms. The Hall–Kier alpha value is -2.78. The summed E-state index contributed by atoms with van der Waals surface area (Å²) in [6.07, 6.45) is 4.48. The Bertz CT molecular complexity index is 1120. The molecule has 0 saturated heterocycles. The average Bonchev–Trinajstić information content (AvgIpc) is 2.69. The van der Waals surface area contributed by atoms with E-state index in [1.54, 1.807) is 36.4 Å². The summed E-state index contributed by atoms with van der Waals surface area (Å²) in [5.41, 5.74) is 0.399. The first-order valence-electron chi connectivity index (χ1n) is 8.56. The van der Waals surface area contributed by atoms with Crippen LogP contribution in [-0.4, -0.2) is 29.0 Å². The van der Waals surface area contributed by atoms with Crippen molar-refractivity contribution in [1.82, 2.24) is 9.97 Å². The van der Waals surface area contributed by atoms with Crippen molar-refractivity contribution in [3.05, 3.63) is 71.6 Å². The minimum absolute atomic E-state index is 0.0700. The van der Waals surface area contributed by atoms with E-state index in [1.165, 1.54) is 44.6 Å². The molecule has 3 aromatic rings. The second kappa shape index (κ2) is 8.30. The van der Waals surface area contributed by atoms with Gasteiger partial charge in [-0.3, -0.25) is 9.78 Å². The van der Waals surface area contributed by atoms with Crippen molar-refractivity contribution in [2.75, 3.05) is 5.32 Å². The fourth-order valence-corrected chi connectivity index (χ4v) is 4.05. The summed E-state index contributed by atoms with van der Waals surface area (Å²) in [6, 6.07) is 12.8. The zero-order chi connectivity index (χ0) is 21.1. The third-order valence-electron chi connectivity index (χ3n) is 4.20. The van der Waals surface area contributed by atoms with Crippen LogP contribution < -0.4 is 10.1 Å². The summed E-state index contributed by atoms with van der Waals surface area (Å²) >= 11 is 3.27. The normalized spacial score (nSPS) is 11.7. The lowest BCUT2D eigenvalue weighted by Gasteiger charge is -2.24. The van der Waals surface area contributed by atoms with E-state index in [9.17, 15) is 13.2 Å². The molecule has 0 aliphatic rings. The van der Waals surface area contributed by atoms with Crippen LogP contribution >= 0.6 is 15.9 Å². The number of nitrogens with zero attached hydrogens (tertiary/aromatic N) is 2. The fraction of sp³-hybridized carbons (Fsp3) is 0.150. The van der Waals surface area contributed by atoms with Crippen LogP contribution in [0.3, 0.4) is 0 Å². The van der Waals surface area contributed by atoms with Gasteiger partial charge in [-0.1, -0.05) is 22.0 Å². The highest BCUT2D eigenvalue weighted by molar-refractivity contribution is 9.10. The Balaban J connectivity index is 1.80. The maximum Gasteiger partial charge on any atom is 0.245 e. The number of hydrogen-bond acceptors (Lipinski definition) is 6. The number of anilines is 1. The third-order valence-corrected chi connectivity index (χ3v) is 7.15. The standard InChI is InChI=1S/C20H18BrN3O4S/c1-20(2,29(26,27)17-8-6-14(21)7-9-17)19(25)24-15-4-3-5-16(12-15)28-18-13-22-10-11-23-18/h3-13H,1-2H3,(H,24,25). The van der Waals surface area contributed by atoms with Gasteiger partial charge in [-0.05, 0) is 50.2 Å². The Morgan fingerprint density at radius 3 is 2.48 bits per heavy atom. The minimum Gasteiger partial charge on any atom is -0.437 e. The van der Waals surface area contributed by atoms with Crippen molar-refractivity contribution in [2.45, 2.75) is 23.5 Å². The second-order valence-corrected chi connectivity index (χ2v) is 10.0. The maximum atomic E-state index is 13.0. The molecule has 0 aliphatic carbocycles.